The van der Waals surface area contributed by atoms with Crippen LogP contribution in [0.4, 0.5) is 0 Å². The molecule has 1 rings (SSSR count). The highest BCUT2D eigenvalue weighted by atomic mass is 16.6. The molecule has 0 aromatic rings. The second-order valence-electron chi connectivity index (χ2n) is 6.45. The molecule has 1 aliphatic rings. The summed E-state index contributed by atoms with van der Waals surface area (Å²) in [6.07, 6.45) is -9.89. The second-order valence-corrected chi connectivity index (χ2v) is 6.45. The van der Waals surface area contributed by atoms with Gasteiger partial charge >= 0.3 is 11.9 Å². The van der Waals surface area contributed by atoms with Crippen LogP contribution in [0.25, 0.3) is 0 Å². The summed E-state index contributed by atoms with van der Waals surface area (Å²) in [6, 6.07) is -4.02. The molecule has 0 radical (unpaired) electrons. The summed E-state index contributed by atoms with van der Waals surface area (Å²) in [5, 5.41) is 68.9. The molecular formula is C14H27N3O10. The molecule has 0 spiro atoms. The number of carboxylic acid groups (broad SMARTS) is 2. The van der Waals surface area contributed by atoms with Crippen LogP contribution in [-0.4, -0.2) is 109 Å². The largest absolute Gasteiger partial charge is 0.480 e. The molecule has 0 unspecified atom stereocenters. The molecule has 0 saturated carbocycles. The van der Waals surface area contributed by atoms with E-state index in [9.17, 15) is 35.1 Å². The molecule has 13 heteroatoms. The Labute approximate surface area is 154 Å². The summed E-state index contributed by atoms with van der Waals surface area (Å²) in [5.74, 6) is -2.77. The zero-order valence-electron chi connectivity index (χ0n) is 14.3. The minimum atomic E-state index is -1.70. The number of carboxylic acids is 2. The number of aliphatic hydroxyl groups is 5. The van der Waals surface area contributed by atoms with E-state index >= 15 is 0 Å². The van der Waals surface area contributed by atoms with Crippen molar-refractivity contribution in [3.05, 3.63) is 0 Å². The van der Waals surface area contributed by atoms with Crippen LogP contribution >= 0.6 is 0 Å². The Morgan fingerprint density at radius 1 is 1.00 bits per heavy atom. The van der Waals surface area contributed by atoms with Crippen molar-refractivity contribution in [1.82, 2.24) is 5.32 Å². The molecule has 9 atom stereocenters. The maximum Gasteiger partial charge on any atom is 0.320 e. The van der Waals surface area contributed by atoms with Crippen LogP contribution in [0.5, 0.6) is 0 Å². The number of ether oxygens (including phenoxy) is 1. The SMILES string of the molecule is N[C@H](C[C@H](O)[C@@H](N)C[C@@H](N[C@@H]1O[C@H](CO)[C@@H](O)[C@H](O)[C@H]1O)C(=O)O)C(=O)O. The number of aliphatic hydroxyl groups excluding tert-OH is 5. The van der Waals surface area contributed by atoms with Crippen LogP contribution in [0, 0.1) is 0 Å². The van der Waals surface area contributed by atoms with E-state index in [1.165, 1.54) is 0 Å². The molecule has 13 nitrogen and oxygen atoms in total. The van der Waals surface area contributed by atoms with E-state index in [0.717, 1.165) is 0 Å². The predicted octanol–water partition coefficient (Wildman–Crippen LogP) is -5.29. The fraction of sp³-hybridized carbons (Fsp3) is 0.857. The number of nitrogens with one attached hydrogen (secondary N) is 1. The predicted molar refractivity (Wildman–Crippen MR) is 87.2 cm³/mol. The van der Waals surface area contributed by atoms with E-state index in [1.54, 1.807) is 0 Å². The van der Waals surface area contributed by atoms with Crippen molar-refractivity contribution in [3.8, 4) is 0 Å². The summed E-state index contributed by atoms with van der Waals surface area (Å²) >= 11 is 0. The molecule has 1 aliphatic heterocycles. The van der Waals surface area contributed by atoms with E-state index in [2.05, 4.69) is 5.32 Å². The third-order valence-corrected chi connectivity index (χ3v) is 4.37. The summed E-state index contributed by atoms with van der Waals surface area (Å²) in [4.78, 5) is 22.2. The minimum Gasteiger partial charge on any atom is -0.480 e. The Morgan fingerprint density at radius 2 is 1.59 bits per heavy atom. The van der Waals surface area contributed by atoms with Crippen LogP contribution in [0.3, 0.4) is 0 Å². The third-order valence-electron chi connectivity index (χ3n) is 4.37. The maximum absolute atomic E-state index is 11.4. The van der Waals surface area contributed by atoms with Crippen LogP contribution in [0.2, 0.25) is 0 Å². The summed E-state index contributed by atoms with van der Waals surface area (Å²) in [6.45, 7) is -0.688. The number of nitrogens with two attached hydrogens (primary N) is 2. The normalized spacial score (nSPS) is 33.1. The van der Waals surface area contributed by atoms with Crippen molar-refractivity contribution < 1.29 is 50.1 Å². The highest BCUT2D eigenvalue weighted by molar-refractivity contribution is 5.74. The van der Waals surface area contributed by atoms with Gasteiger partial charge in [0.25, 0.3) is 0 Å². The van der Waals surface area contributed by atoms with Crippen LogP contribution in [0.1, 0.15) is 12.8 Å². The molecule has 0 bridgehead atoms. The van der Waals surface area contributed by atoms with Crippen molar-refractivity contribution in [2.45, 2.75) is 67.7 Å². The Morgan fingerprint density at radius 3 is 2.07 bits per heavy atom. The average molecular weight is 397 g/mol. The first-order chi connectivity index (χ1) is 12.5. The number of hydrogen-bond donors (Lipinski definition) is 10. The zero-order valence-corrected chi connectivity index (χ0v) is 14.3. The second kappa shape index (κ2) is 10.2. The quantitative estimate of drug-likeness (QED) is 0.165. The molecule has 0 aliphatic carbocycles. The molecule has 1 saturated heterocycles. The number of aliphatic carboxylic acids is 2. The molecule has 12 N–H and O–H groups in total. The van der Waals surface area contributed by atoms with Crippen molar-refractivity contribution >= 4 is 11.9 Å². The molecular weight excluding hydrogens is 370 g/mol. The first kappa shape index (κ1) is 23.6. The highest BCUT2D eigenvalue weighted by Gasteiger charge is 2.44. The first-order valence-corrected chi connectivity index (χ1v) is 8.21. The molecule has 158 valence electrons. The molecule has 27 heavy (non-hydrogen) atoms. The monoisotopic (exact) mass is 397 g/mol. The van der Waals surface area contributed by atoms with Gasteiger partial charge in [0.1, 0.15) is 42.7 Å². The molecule has 1 heterocycles. The van der Waals surface area contributed by atoms with Crippen molar-refractivity contribution in [3.63, 3.8) is 0 Å². The molecule has 0 aromatic carbocycles. The average Bonchev–Trinajstić information content (AvgIpc) is 2.60. The lowest BCUT2D eigenvalue weighted by Crippen LogP contribution is -2.64. The van der Waals surface area contributed by atoms with Gasteiger partial charge in [0.15, 0.2) is 0 Å². The van der Waals surface area contributed by atoms with Crippen LogP contribution in [-0.2, 0) is 14.3 Å². The van der Waals surface area contributed by atoms with E-state index in [4.69, 9.17) is 26.4 Å². The summed E-state index contributed by atoms with van der Waals surface area (Å²) in [7, 11) is 0. The Balaban J connectivity index is 2.75. The summed E-state index contributed by atoms with van der Waals surface area (Å²) in [5.41, 5.74) is 11.0. The topological polar surface area (TPSA) is 249 Å². The number of rotatable bonds is 10. The van der Waals surface area contributed by atoms with Gasteiger partial charge in [-0.2, -0.15) is 0 Å². The maximum atomic E-state index is 11.4. The number of carbonyl (C=O) groups is 2. The van der Waals surface area contributed by atoms with Gasteiger partial charge in [0.05, 0.1) is 12.7 Å². The van der Waals surface area contributed by atoms with Crippen molar-refractivity contribution in [2.24, 2.45) is 11.5 Å². The lowest BCUT2D eigenvalue weighted by molar-refractivity contribution is -0.238. The van der Waals surface area contributed by atoms with Crippen molar-refractivity contribution in [2.75, 3.05) is 6.61 Å². The van der Waals surface area contributed by atoms with E-state index in [-0.39, 0.29) is 0 Å². The Bertz CT molecular complexity index is 508. The van der Waals surface area contributed by atoms with Gasteiger partial charge in [0.2, 0.25) is 0 Å². The van der Waals surface area contributed by atoms with Crippen LogP contribution < -0.4 is 16.8 Å². The fourth-order valence-corrected chi connectivity index (χ4v) is 2.64. The molecule has 0 aromatic heterocycles. The molecule has 0 amide bonds. The smallest absolute Gasteiger partial charge is 0.320 e. The zero-order chi connectivity index (χ0) is 20.9. The van der Waals surface area contributed by atoms with E-state index in [0.29, 0.717) is 0 Å². The lowest BCUT2D eigenvalue weighted by atomic mass is 9.95. The van der Waals surface area contributed by atoms with E-state index in [1.807, 2.05) is 0 Å². The van der Waals surface area contributed by atoms with E-state index < -0.39 is 86.3 Å². The van der Waals surface area contributed by atoms with Gasteiger partial charge in [-0.15, -0.1) is 0 Å². The van der Waals surface area contributed by atoms with Gasteiger partial charge in [-0.25, -0.2) is 0 Å². The summed E-state index contributed by atoms with van der Waals surface area (Å²) < 4.78 is 5.16. The Hall–Kier alpha value is -1.42. The minimum absolute atomic E-state index is 0.391. The third kappa shape index (κ3) is 6.31. The van der Waals surface area contributed by atoms with Gasteiger partial charge < -0.3 is 51.9 Å². The fourth-order valence-electron chi connectivity index (χ4n) is 2.64. The van der Waals surface area contributed by atoms with Gasteiger partial charge in [0, 0.05) is 12.5 Å². The standard InChI is InChI=1S/C14H27N3O10/c15-4(7(19)2-5(16)13(23)24)1-6(14(25)26)17-12-11(22)10(21)9(20)8(3-18)27-12/h4-12,17-22H,1-3,15-16H2,(H,23,24)(H,25,26)/t4-,5+,6+,7-,8+,9+,10-,11+,12+/m0/s1. The first-order valence-electron chi connectivity index (χ1n) is 8.21. The van der Waals surface area contributed by atoms with Crippen molar-refractivity contribution in [1.29, 1.82) is 0 Å². The van der Waals surface area contributed by atoms with Gasteiger partial charge in [-0.1, -0.05) is 0 Å². The van der Waals surface area contributed by atoms with Crippen LogP contribution in [0.15, 0.2) is 0 Å². The van der Waals surface area contributed by atoms with Gasteiger partial charge in [-0.05, 0) is 6.42 Å². The van der Waals surface area contributed by atoms with Gasteiger partial charge in [-0.3, -0.25) is 14.9 Å². The Kier molecular flexibility index (Phi) is 8.93. The highest BCUT2D eigenvalue weighted by Crippen LogP contribution is 2.20. The lowest BCUT2D eigenvalue weighted by Gasteiger charge is -2.41. The molecule has 1 fully saturated rings. The number of hydrogen-bond acceptors (Lipinski definition) is 11.